The van der Waals surface area contributed by atoms with E-state index in [-0.39, 0.29) is 58.3 Å². The molecule has 478 valence electrons. The van der Waals surface area contributed by atoms with Crippen molar-refractivity contribution < 1.29 is 42.3 Å². The van der Waals surface area contributed by atoms with E-state index in [4.69, 9.17) is 20.4 Å². The van der Waals surface area contributed by atoms with Gasteiger partial charge < -0.3 is 46.0 Å². The van der Waals surface area contributed by atoms with E-state index < -0.39 is 53.6 Å². The van der Waals surface area contributed by atoms with Gasteiger partial charge in [-0.15, -0.1) is 0 Å². The summed E-state index contributed by atoms with van der Waals surface area (Å²) in [5.74, 6) is -0.157. The fourth-order valence-electron chi connectivity index (χ4n) is 15.6. The lowest BCUT2D eigenvalue weighted by Crippen LogP contribution is -2.64. The average Bonchev–Trinajstić information content (AvgIpc) is 1.35. The maximum atomic E-state index is 14.5. The van der Waals surface area contributed by atoms with Gasteiger partial charge >= 0.3 is 0 Å². The molecular formula is C65H77F2N17O7. The third kappa shape index (κ3) is 12.3. The zero-order chi connectivity index (χ0) is 62.5. The van der Waals surface area contributed by atoms with Crippen LogP contribution in [0.2, 0.25) is 0 Å². The van der Waals surface area contributed by atoms with Crippen LogP contribution in [-0.2, 0) is 14.3 Å². The number of morpholine rings is 1. The molecule has 7 fully saturated rings. The number of benzene rings is 2. The number of piperidine rings is 3. The first-order valence-electron chi connectivity index (χ1n) is 32.4. The molecule has 6 aliphatic heterocycles. The second kappa shape index (κ2) is 25.3. The highest BCUT2D eigenvalue weighted by Gasteiger charge is 2.54. The van der Waals surface area contributed by atoms with Gasteiger partial charge in [0.2, 0.25) is 11.8 Å². The largest absolute Gasteiger partial charge is 0.384 e. The third-order valence-electron chi connectivity index (χ3n) is 20.5. The van der Waals surface area contributed by atoms with Gasteiger partial charge in [-0.05, 0) is 155 Å². The standard InChI is InChI=1S/C65H77F2N17O7/c66-57(67)55-49(73-61(87)47-32-71-82-24-19-51(75-60(47)82)81-25-27-91-28-26-81)36-83(77-55)45-13-7-39(8-14-45)34-79-37-65(38-79)29-42(30-65)43(31-69-48-6-4-5-46-54(48)64(90)84(63(46)89)50-15-16-53(85)76-62(50)88)35-78-22-17-41(18-23-78)40-9-11-44(12-10-40)72-59-56(58(68)86)70-33-52(74-59)80-20-2-1-3-21-80/h4-6,9-12,19,24,32-33,36,39,41-43,45,50,57,69H,1-3,7-8,13-18,20-23,25-31,34-35,37-38H2,(H2,68,86)(H,72,74)(H,73,87)(H,76,85,88). The third-order valence-corrected chi connectivity index (χ3v) is 20.5. The van der Waals surface area contributed by atoms with E-state index in [0.29, 0.717) is 73.6 Å². The van der Waals surface area contributed by atoms with E-state index in [1.807, 2.05) is 24.3 Å². The first-order valence-corrected chi connectivity index (χ1v) is 32.4. The number of hydrogen-bond donors (Lipinski definition) is 5. The number of rotatable bonds is 19. The Balaban J connectivity index is 0.596. The second-order valence-corrected chi connectivity index (χ2v) is 26.4. The molecule has 10 heterocycles. The van der Waals surface area contributed by atoms with Crippen molar-refractivity contribution in [2.75, 3.05) is 111 Å². The molecule has 2 unspecified atom stereocenters. The Morgan fingerprint density at radius 2 is 1.56 bits per heavy atom. The molecule has 0 radical (unpaired) electrons. The number of anilines is 6. The number of nitrogens with one attached hydrogen (secondary N) is 4. The molecule has 6 N–H and O–H groups in total. The van der Waals surface area contributed by atoms with Crippen molar-refractivity contribution in [1.29, 1.82) is 0 Å². The van der Waals surface area contributed by atoms with Gasteiger partial charge in [-0.1, -0.05) is 18.2 Å². The predicted molar refractivity (Wildman–Crippen MR) is 334 cm³/mol. The van der Waals surface area contributed by atoms with Crippen LogP contribution in [0.4, 0.5) is 43.3 Å². The molecule has 6 amide bonds. The van der Waals surface area contributed by atoms with Gasteiger partial charge in [0.1, 0.15) is 23.2 Å². The number of carbonyl (C=O) groups excluding carboxylic acids is 6. The van der Waals surface area contributed by atoms with Gasteiger partial charge in [-0.25, -0.2) is 28.2 Å². The van der Waals surface area contributed by atoms with Crippen molar-refractivity contribution in [2.24, 2.45) is 28.9 Å². The second-order valence-electron chi connectivity index (χ2n) is 26.4. The number of carbonyl (C=O) groups is 6. The van der Waals surface area contributed by atoms with Gasteiger partial charge in [0.05, 0.1) is 48.5 Å². The van der Waals surface area contributed by atoms with Gasteiger partial charge in [-0.3, -0.25) is 43.7 Å². The molecule has 2 saturated carbocycles. The van der Waals surface area contributed by atoms with Crippen LogP contribution in [0, 0.1) is 23.2 Å². The van der Waals surface area contributed by atoms with Crippen molar-refractivity contribution in [3.8, 4) is 0 Å². The summed E-state index contributed by atoms with van der Waals surface area (Å²) in [5, 5.41) is 20.6. The quantitative estimate of drug-likeness (QED) is 0.0509. The lowest BCUT2D eigenvalue weighted by atomic mass is 9.54. The Morgan fingerprint density at radius 1 is 0.802 bits per heavy atom. The van der Waals surface area contributed by atoms with E-state index in [1.165, 1.54) is 22.7 Å². The summed E-state index contributed by atoms with van der Waals surface area (Å²) in [6.07, 6.45) is 14.4. The summed E-state index contributed by atoms with van der Waals surface area (Å²) < 4.78 is 37.7. The van der Waals surface area contributed by atoms with Crippen LogP contribution in [0.5, 0.6) is 0 Å². The van der Waals surface area contributed by atoms with Gasteiger partial charge in [0, 0.05) is 89.1 Å². The van der Waals surface area contributed by atoms with Crippen LogP contribution in [0.15, 0.2) is 73.3 Å². The molecule has 2 atom stereocenters. The summed E-state index contributed by atoms with van der Waals surface area (Å²) in [5.41, 5.74) is 9.16. The number of ether oxygens (including phenoxy) is 1. The molecule has 91 heavy (non-hydrogen) atoms. The normalized spacial score (nSPS) is 22.9. The number of halogens is 2. The number of imide groups is 2. The summed E-state index contributed by atoms with van der Waals surface area (Å²) >= 11 is 0. The number of hydrogen-bond acceptors (Lipinski definition) is 18. The Labute approximate surface area is 525 Å². The topological polar surface area (TPSA) is 276 Å². The number of primary amides is 1. The number of aromatic nitrogens is 7. The van der Waals surface area contributed by atoms with E-state index in [2.05, 4.69) is 68.2 Å². The van der Waals surface area contributed by atoms with Crippen LogP contribution in [0.3, 0.4) is 0 Å². The maximum absolute atomic E-state index is 14.5. The maximum Gasteiger partial charge on any atom is 0.284 e. The number of likely N-dealkylation sites (tertiary alicyclic amines) is 2. The Hall–Kier alpha value is -8.49. The fraction of sp³-hybridized carbons (Fsp3) is 0.523. The minimum absolute atomic E-state index is 0.0239. The van der Waals surface area contributed by atoms with Crippen molar-refractivity contribution in [2.45, 2.75) is 108 Å². The SMILES string of the molecule is NC(=O)c1ncc(N2CCCCC2)nc1Nc1ccc(C2CCN(CC(CNc3cccc4c3C(=O)N(C3CCC(=O)NC3=O)C4=O)C3CC4(C3)CN(CC3CCC(n5cc(NC(=O)c6cnn7ccc(N8CCOCC8)nc67)c(C(F)F)n5)CC3)C4)CC2)cc1. The van der Waals surface area contributed by atoms with Crippen molar-refractivity contribution in [1.82, 2.24) is 54.4 Å². The molecule has 4 aromatic heterocycles. The zero-order valence-electron chi connectivity index (χ0n) is 50.9. The number of nitrogens with zero attached hydrogens (tertiary/aromatic N) is 12. The molecule has 8 aliphatic rings. The van der Waals surface area contributed by atoms with Crippen molar-refractivity contribution >= 4 is 75.6 Å². The highest BCUT2D eigenvalue weighted by Crippen LogP contribution is 2.55. The first kappa shape index (κ1) is 60.1. The van der Waals surface area contributed by atoms with E-state index in [9.17, 15) is 37.5 Å². The molecule has 24 nitrogen and oxygen atoms in total. The zero-order valence-corrected chi connectivity index (χ0v) is 50.9. The van der Waals surface area contributed by atoms with Crippen molar-refractivity contribution in [3.63, 3.8) is 0 Å². The highest BCUT2D eigenvalue weighted by molar-refractivity contribution is 6.25. The summed E-state index contributed by atoms with van der Waals surface area (Å²) in [4.78, 5) is 103. The molecule has 14 rings (SSSR count). The molecule has 6 aromatic rings. The van der Waals surface area contributed by atoms with E-state index in [1.54, 1.807) is 35.4 Å². The van der Waals surface area contributed by atoms with Crippen LogP contribution in [0.1, 0.15) is 155 Å². The molecule has 2 aliphatic carbocycles. The van der Waals surface area contributed by atoms with Crippen LogP contribution in [-0.4, -0.2) is 176 Å². The minimum atomic E-state index is -2.89. The number of nitrogens with two attached hydrogens (primary N) is 1. The van der Waals surface area contributed by atoms with Gasteiger partial charge in [0.15, 0.2) is 22.9 Å². The Bertz CT molecular complexity index is 3740. The first-order chi connectivity index (χ1) is 44.2. The average molecular weight is 1250 g/mol. The molecule has 1 spiro atoms. The molecular weight excluding hydrogens is 1170 g/mol. The van der Waals surface area contributed by atoms with Crippen LogP contribution in [0.25, 0.3) is 5.65 Å². The number of alkyl halides is 2. The summed E-state index contributed by atoms with van der Waals surface area (Å²) in [7, 11) is 0. The summed E-state index contributed by atoms with van der Waals surface area (Å²) in [6, 6.07) is 14.2. The predicted octanol–water partition coefficient (Wildman–Crippen LogP) is 7.03. The Morgan fingerprint density at radius 3 is 2.30 bits per heavy atom. The van der Waals surface area contributed by atoms with Crippen molar-refractivity contribution in [3.05, 3.63) is 107 Å². The molecule has 5 saturated heterocycles. The highest BCUT2D eigenvalue weighted by atomic mass is 19.3. The lowest BCUT2D eigenvalue weighted by Gasteiger charge is -2.61. The number of fused-ring (bicyclic) bond motifs is 2. The smallest absolute Gasteiger partial charge is 0.284 e. The van der Waals surface area contributed by atoms with E-state index >= 15 is 0 Å². The Kier molecular flexibility index (Phi) is 16.7. The van der Waals surface area contributed by atoms with Gasteiger partial charge in [-0.2, -0.15) is 10.2 Å². The summed E-state index contributed by atoms with van der Waals surface area (Å²) in [6.45, 7) is 10.5. The fourth-order valence-corrected chi connectivity index (χ4v) is 15.6. The number of amides is 6. The van der Waals surface area contributed by atoms with Crippen LogP contribution < -0.4 is 36.8 Å². The molecule has 26 heteroatoms. The van der Waals surface area contributed by atoms with E-state index in [0.717, 1.165) is 133 Å². The van der Waals surface area contributed by atoms with Crippen LogP contribution >= 0.6 is 0 Å². The monoisotopic (exact) mass is 1250 g/mol. The minimum Gasteiger partial charge on any atom is -0.384 e. The molecule has 0 bridgehead atoms. The lowest BCUT2D eigenvalue weighted by molar-refractivity contribution is -0.136. The molecule has 2 aromatic carbocycles. The van der Waals surface area contributed by atoms with Gasteiger partial charge in [0.25, 0.3) is 30.1 Å².